The minimum atomic E-state index is -0.733. The fraction of sp³-hybridized carbons (Fsp3) is 0.333. The Morgan fingerprint density at radius 1 is 1.00 bits per heavy atom. The summed E-state index contributed by atoms with van der Waals surface area (Å²) >= 11 is 12.4. The molecule has 1 heterocycles. The fourth-order valence-electron chi connectivity index (χ4n) is 5.04. The standard InChI is InChI=1S/C30H33Cl2N4O3/c31-24-12-10-22(28(32)27(24)29(34)38)11-13-26(37)36-18-17-35(30(39)25(36)7-3-4-15-33)16-14-20-8-9-21-5-1-2-6-23(21)19-20/h1-2,5-6,8-10,12-13,19,25H,3-4,7,11,14-18,33H2,(H2,34,38)/t25-/m0/s1. The zero-order chi connectivity index (χ0) is 27.9. The van der Waals surface area contributed by atoms with Crippen LogP contribution < -0.4 is 11.5 Å². The van der Waals surface area contributed by atoms with Gasteiger partial charge in [0.05, 0.1) is 22.0 Å². The zero-order valence-corrected chi connectivity index (χ0v) is 23.3. The predicted octanol–water partition coefficient (Wildman–Crippen LogP) is 4.40. The van der Waals surface area contributed by atoms with E-state index < -0.39 is 11.9 Å². The van der Waals surface area contributed by atoms with Crippen molar-refractivity contribution in [2.45, 2.75) is 38.1 Å². The molecule has 1 radical (unpaired) electrons. The minimum absolute atomic E-state index is 0.0338. The summed E-state index contributed by atoms with van der Waals surface area (Å²) in [6.45, 7) is 2.02. The number of nitrogens with two attached hydrogens (primary N) is 2. The van der Waals surface area contributed by atoms with Crippen molar-refractivity contribution in [1.29, 1.82) is 0 Å². The van der Waals surface area contributed by atoms with Crippen LogP contribution in [0, 0.1) is 6.42 Å². The first-order valence-electron chi connectivity index (χ1n) is 13.2. The van der Waals surface area contributed by atoms with E-state index in [1.165, 1.54) is 28.8 Å². The van der Waals surface area contributed by atoms with Crippen molar-refractivity contribution in [2.24, 2.45) is 11.5 Å². The molecule has 0 spiro atoms. The third-order valence-corrected chi connectivity index (χ3v) is 7.94. The van der Waals surface area contributed by atoms with E-state index in [-0.39, 0.29) is 33.8 Å². The van der Waals surface area contributed by atoms with Crippen molar-refractivity contribution in [3.05, 3.63) is 87.8 Å². The van der Waals surface area contributed by atoms with Crippen LogP contribution in [0.15, 0.2) is 54.6 Å². The molecule has 205 valence electrons. The van der Waals surface area contributed by atoms with Crippen molar-refractivity contribution in [1.82, 2.24) is 9.80 Å². The average molecular weight is 569 g/mol. The van der Waals surface area contributed by atoms with Gasteiger partial charge in [0.2, 0.25) is 11.8 Å². The summed E-state index contributed by atoms with van der Waals surface area (Å²) in [5, 5.41) is 2.66. The molecule has 0 bridgehead atoms. The number of primary amides is 1. The van der Waals surface area contributed by atoms with Gasteiger partial charge in [-0.05, 0) is 66.6 Å². The Morgan fingerprint density at radius 2 is 1.77 bits per heavy atom. The van der Waals surface area contributed by atoms with Gasteiger partial charge in [0.15, 0.2) is 0 Å². The summed E-state index contributed by atoms with van der Waals surface area (Å²) in [6, 6.07) is 17.2. The second-order valence-electron chi connectivity index (χ2n) is 9.76. The molecule has 39 heavy (non-hydrogen) atoms. The highest BCUT2D eigenvalue weighted by atomic mass is 35.5. The molecule has 9 heteroatoms. The highest BCUT2D eigenvalue weighted by Crippen LogP contribution is 2.29. The quantitative estimate of drug-likeness (QED) is 0.334. The van der Waals surface area contributed by atoms with Crippen LogP contribution >= 0.6 is 23.2 Å². The van der Waals surface area contributed by atoms with E-state index in [9.17, 15) is 14.4 Å². The van der Waals surface area contributed by atoms with Crippen LogP contribution in [0.4, 0.5) is 0 Å². The van der Waals surface area contributed by atoms with Crippen LogP contribution in [0.3, 0.4) is 0 Å². The molecule has 4 N–H and O–H groups in total. The smallest absolute Gasteiger partial charge is 0.251 e. The maximum atomic E-state index is 13.6. The van der Waals surface area contributed by atoms with Gasteiger partial charge >= 0.3 is 0 Å². The highest BCUT2D eigenvalue weighted by Gasteiger charge is 2.36. The fourth-order valence-corrected chi connectivity index (χ4v) is 5.67. The third kappa shape index (κ3) is 6.90. The van der Waals surface area contributed by atoms with Gasteiger partial charge in [-0.2, -0.15) is 0 Å². The number of rotatable bonds is 11. The summed E-state index contributed by atoms with van der Waals surface area (Å²) < 4.78 is 0. The van der Waals surface area contributed by atoms with E-state index in [1.54, 1.807) is 11.0 Å². The maximum Gasteiger partial charge on any atom is 0.251 e. The molecule has 1 fully saturated rings. The summed E-state index contributed by atoms with van der Waals surface area (Å²) in [6.07, 6.45) is 4.50. The van der Waals surface area contributed by atoms with Crippen molar-refractivity contribution in [2.75, 3.05) is 26.2 Å². The Hall–Kier alpha value is -3.13. The molecule has 1 aliphatic rings. The Kier molecular flexibility index (Phi) is 9.83. The second-order valence-corrected chi connectivity index (χ2v) is 10.5. The topological polar surface area (TPSA) is 110 Å². The summed E-state index contributed by atoms with van der Waals surface area (Å²) in [7, 11) is 0. The SMILES string of the molecule is NCCCC[C@H]1C(=O)N(CCc2ccc3ccccc3c2)CCN1C(=O)[CH]Cc1ccc(Cl)c(C(N)=O)c1Cl. The molecule has 0 saturated carbocycles. The third-order valence-electron chi connectivity index (χ3n) is 7.20. The Labute approximate surface area is 239 Å². The molecule has 0 aromatic heterocycles. The number of amides is 3. The number of hydrogen-bond donors (Lipinski definition) is 2. The molecule has 1 aliphatic heterocycles. The number of nitrogens with zero attached hydrogens (tertiary/aromatic N) is 2. The van der Waals surface area contributed by atoms with Crippen LogP contribution in [0.5, 0.6) is 0 Å². The number of carbonyl (C=O) groups is 3. The van der Waals surface area contributed by atoms with Gasteiger partial charge in [-0.1, -0.05) is 71.7 Å². The van der Waals surface area contributed by atoms with Gasteiger partial charge in [0.1, 0.15) is 6.04 Å². The zero-order valence-electron chi connectivity index (χ0n) is 21.7. The molecule has 7 nitrogen and oxygen atoms in total. The van der Waals surface area contributed by atoms with E-state index in [1.807, 2.05) is 17.0 Å². The number of unbranched alkanes of at least 4 members (excludes halogenated alkanes) is 1. The van der Waals surface area contributed by atoms with E-state index in [2.05, 4.69) is 30.3 Å². The number of hydrogen-bond acceptors (Lipinski definition) is 4. The molecule has 1 atom stereocenters. The molecule has 3 amide bonds. The van der Waals surface area contributed by atoms with Gasteiger partial charge in [-0.15, -0.1) is 0 Å². The van der Waals surface area contributed by atoms with E-state index in [0.717, 1.165) is 19.3 Å². The van der Waals surface area contributed by atoms with Crippen molar-refractivity contribution in [3.8, 4) is 0 Å². The first kappa shape index (κ1) is 28.9. The number of piperazine rings is 1. The van der Waals surface area contributed by atoms with Crippen molar-refractivity contribution in [3.63, 3.8) is 0 Å². The van der Waals surface area contributed by atoms with Crippen molar-refractivity contribution >= 4 is 51.7 Å². The van der Waals surface area contributed by atoms with Crippen LogP contribution in [-0.4, -0.2) is 59.7 Å². The maximum absolute atomic E-state index is 13.6. The summed E-state index contributed by atoms with van der Waals surface area (Å²) in [5.74, 6) is -1.02. The molecule has 4 rings (SSSR count). The largest absolute Gasteiger partial charge is 0.366 e. The first-order valence-corrected chi connectivity index (χ1v) is 13.9. The average Bonchev–Trinajstić information content (AvgIpc) is 2.92. The van der Waals surface area contributed by atoms with Gasteiger partial charge in [0, 0.05) is 19.6 Å². The van der Waals surface area contributed by atoms with Gasteiger partial charge < -0.3 is 21.3 Å². The highest BCUT2D eigenvalue weighted by molar-refractivity contribution is 6.40. The lowest BCUT2D eigenvalue weighted by molar-refractivity contribution is -0.150. The number of benzene rings is 3. The second kappa shape index (κ2) is 13.3. The molecular formula is C30H33Cl2N4O3. The molecule has 0 unspecified atom stereocenters. The normalized spacial score (nSPS) is 15.7. The van der Waals surface area contributed by atoms with Crippen LogP contribution in [0.2, 0.25) is 10.0 Å². The van der Waals surface area contributed by atoms with E-state index in [4.69, 9.17) is 34.7 Å². The Bertz CT molecular complexity index is 1360. The first-order chi connectivity index (χ1) is 18.8. The van der Waals surface area contributed by atoms with Crippen molar-refractivity contribution < 1.29 is 14.4 Å². The van der Waals surface area contributed by atoms with Gasteiger partial charge in [-0.25, -0.2) is 0 Å². The Balaban J connectivity index is 1.42. The minimum Gasteiger partial charge on any atom is -0.366 e. The molecule has 1 saturated heterocycles. The number of halogens is 2. The van der Waals surface area contributed by atoms with E-state index >= 15 is 0 Å². The number of fused-ring (bicyclic) bond motifs is 1. The Morgan fingerprint density at radius 3 is 2.51 bits per heavy atom. The molecular weight excluding hydrogens is 535 g/mol. The lowest BCUT2D eigenvalue weighted by atomic mass is 10.0. The lowest BCUT2D eigenvalue weighted by Crippen LogP contribution is -2.59. The summed E-state index contributed by atoms with van der Waals surface area (Å²) in [5.41, 5.74) is 12.9. The van der Waals surface area contributed by atoms with Gasteiger partial charge in [-0.3, -0.25) is 14.4 Å². The van der Waals surface area contributed by atoms with Crippen LogP contribution in [0.25, 0.3) is 10.8 Å². The van der Waals surface area contributed by atoms with Crippen LogP contribution in [0.1, 0.15) is 40.7 Å². The molecule has 3 aromatic carbocycles. The van der Waals surface area contributed by atoms with E-state index in [0.29, 0.717) is 38.2 Å². The lowest BCUT2D eigenvalue weighted by Gasteiger charge is -2.41. The molecule has 0 aliphatic carbocycles. The predicted molar refractivity (Wildman–Crippen MR) is 156 cm³/mol. The monoisotopic (exact) mass is 567 g/mol. The molecule has 3 aromatic rings. The summed E-state index contributed by atoms with van der Waals surface area (Å²) in [4.78, 5) is 42.1. The van der Waals surface area contributed by atoms with Crippen LogP contribution in [-0.2, 0) is 22.4 Å². The number of carbonyl (C=O) groups excluding carboxylic acids is 3. The van der Waals surface area contributed by atoms with Gasteiger partial charge in [0.25, 0.3) is 5.91 Å².